The van der Waals surface area contributed by atoms with Gasteiger partial charge in [-0.25, -0.2) is 0 Å². The summed E-state index contributed by atoms with van der Waals surface area (Å²) < 4.78 is 0. The Kier molecular flexibility index (Phi) is 10.2. The van der Waals surface area contributed by atoms with Gasteiger partial charge in [-0.2, -0.15) is 0 Å². The molecule has 0 heterocycles. The fraction of sp³-hybridized carbons (Fsp3) is 0.417. The predicted molar refractivity (Wildman–Crippen MR) is 131 cm³/mol. The number of thioether (sulfide) groups is 1. The molecular formula is C24H30Cl2N2O2S. The van der Waals surface area contributed by atoms with Gasteiger partial charge in [0.05, 0.1) is 5.75 Å². The molecule has 31 heavy (non-hydrogen) atoms. The molecule has 0 fully saturated rings. The van der Waals surface area contributed by atoms with Crippen LogP contribution in [0.2, 0.25) is 10.0 Å². The van der Waals surface area contributed by atoms with E-state index in [9.17, 15) is 9.59 Å². The Hall–Kier alpha value is -1.69. The number of hydrogen-bond donors (Lipinski definition) is 1. The molecule has 0 saturated heterocycles. The van der Waals surface area contributed by atoms with Crippen molar-refractivity contribution >= 4 is 46.8 Å². The molecule has 168 valence electrons. The van der Waals surface area contributed by atoms with Gasteiger partial charge in [0.25, 0.3) is 0 Å². The molecule has 0 bridgehead atoms. The number of nitrogens with one attached hydrogen (secondary N) is 1. The minimum atomic E-state index is -0.600. The van der Waals surface area contributed by atoms with Crippen LogP contribution in [0.3, 0.4) is 0 Å². The number of benzene rings is 2. The number of carbonyl (C=O) groups excluding carboxylic acids is 2. The van der Waals surface area contributed by atoms with Crippen LogP contribution >= 0.6 is 35.0 Å². The molecule has 0 aromatic heterocycles. The van der Waals surface area contributed by atoms with Crippen molar-refractivity contribution < 1.29 is 9.59 Å². The molecule has 0 radical (unpaired) electrons. The lowest BCUT2D eigenvalue weighted by molar-refractivity contribution is -0.139. The van der Waals surface area contributed by atoms with Crippen LogP contribution in [-0.2, 0) is 16.1 Å². The van der Waals surface area contributed by atoms with Crippen molar-refractivity contribution in [3.63, 3.8) is 0 Å². The van der Waals surface area contributed by atoms with Crippen molar-refractivity contribution in [1.29, 1.82) is 0 Å². The fourth-order valence-corrected chi connectivity index (χ4v) is 4.36. The molecule has 2 aromatic rings. The Bertz CT molecular complexity index is 867. The van der Waals surface area contributed by atoms with Gasteiger partial charge in [-0.1, -0.05) is 67.7 Å². The molecule has 1 N–H and O–H groups in total. The Labute approximate surface area is 199 Å². The lowest BCUT2D eigenvalue weighted by Gasteiger charge is -2.31. The molecule has 2 aromatic carbocycles. The van der Waals surface area contributed by atoms with Crippen molar-refractivity contribution in [2.24, 2.45) is 5.92 Å². The van der Waals surface area contributed by atoms with Crippen LogP contribution in [0.5, 0.6) is 0 Å². The zero-order valence-corrected chi connectivity index (χ0v) is 20.8. The van der Waals surface area contributed by atoms with Crippen molar-refractivity contribution in [2.75, 3.05) is 12.3 Å². The van der Waals surface area contributed by atoms with E-state index in [1.165, 1.54) is 17.3 Å². The molecule has 7 heteroatoms. The number of amides is 2. The van der Waals surface area contributed by atoms with Crippen LogP contribution in [0.15, 0.2) is 47.4 Å². The maximum Gasteiger partial charge on any atom is 0.242 e. The third-order valence-electron chi connectivity index (χ3n) is 4.84. The number of nitrogens with zero attached hydrogens (tertiary/aromatic N) is 1. The van der Waals surface area contributed by atoms with Gasteiger partial charge in [0.2, 0.25) is 11.8 Å². The third-order valence-corrected chi connectivity index (χ3v) is 6.55. The molecule has 1 atom stereocenters. The first-order valence-electron chi connectivity index (χ1n) is 10.4. The van der Waals surface area contributed by atoms with Crippen molar-refractivity contribution in [2.45, 2.75) is 51.6 Å². The van der Waals surface area contributed by atoms with Crippen LogP contribution in [0, 0.1) is 12.8 Å². The SMILES string of the molecule is CCC(C(=O)NCC(C)C)N(Cc1c(Cl)cccc1Cl)C(=O)CSc1ccc(C)cc1. The van der Waals surface area contributed by atoms with Gasteiger partial charge in [-0.15, -0.1) is 11.8 Å². The smallest absolute Gasteiger partial charge is 0.242 e. The quantitative estimate of drug-likeness (QED) is 0.425. The number of carbonyl (C=O) groups is 2. The van der Waals surface area contributed by atoms with Crippen molar-refractivity contribution in [1.82, 2.24) is 10.2 Å². The van der Waals surface area contributed by atoms with E-state index in [2.05, 4.69) is 5.32 Å². The summed E-state index contributed by atoms with van der Waals surface area (Å²) in [5, 5.41) is 3.92. The summed E-state index contributed by atoms with van der Waals surface area (Å²) in [6.07, 6.45) is 0.493. The summed E-state index contributed by atoms with van der Waals surface area (Å²) in [5.74, 6) is 0.251. The zero-order chi connectivity index (χ0) is 23.0. The molecule has 4 nitrogen and oxygen atoms in total. The van der Waals surface area contributed by atoms with E-state index in [0.717, 1.165) is 4.90 Å². The van der Waals surface area contributed by atoms with E-state index < -0.39 is 6.04 Å². The van der Waals surface area contributed by atoms with Crippen molar-refractivity contribution in [3.05, 3.63) is 63.6 Å². The van der Waals surface area contributed by atoms with E-state index in [-0.39, 0.29) is 24.1 Å². The van der Waals surface area contributed by atoms with E-state index in [4.69, 9.17) is 23.2 Å². The second kappa shape index (κ2) is 12.4. The van der Waals surface area contributed by atoms with E-state index >= 15 is 0 Å². The fourth-order valence-electron chi connectivity index (χ4n) is 3.06. The average Bonchev–Trinajstić information content (AvgIpc) is 2.73. The molecule has 0 spiro atoms. The monoisotopic (exact) mass is 480 g/mol. The lowest BCUT2D eigenvalue weighted by atomic mass is 10.1. The molecule has 2 amide bonds. The van der Waals surface area contributed by atoms with Gasteiger partial charge >= 0.3 is 0 Å². The Morgan fingerprint density at radius 3 is 2.23 bits per heavy atom. The van der Waals surface area contributed by atoms with Crippen molar-refractivity contribution in [3.8, 4) is 0 Å². The Balaban J connectivity index is 2.25. The maximum atomic E-state index is 13.3. The minimum Gasteiger partial charge on any atom is -0.354 e. The zero-order valence-electron chi connectivity index (χ0n) is 18.5. The second-order valence-electron chi connectivity index (χ2n) is 7.89. The first-order valence-corrected chi connectivity index (χ1v) is 12.2. The van der Waals surface area contributed by atoms with Crippen LogP contribution in [0.25, 0.3) is 0 Å². The minimum absolute atomic E-state index is 0.131. The molecule has 0 saturated carbocycles. The highest BCUT2D eigenvalue weighted by molar-refractivity contribution is 8.00. The summed E-state index contributed by atoms with van der Waals surface area (Å²) >= 11 is 14.2. The van der Waals surface area contributed by atoms with Gasteiger partial charge in [-0.3, -0.25) is 9.59 Å². The summed E-state index contributed by atoms with van der Waals surface area (Å²) in [5.41, 5.74) is 1.81. The summed E-state index contributed by atoms with van der Waals surface area (Å²) in [4.78, 5) is 28.8. The van der Waals surface area contributed by atoms with Gasteiger partial charge in [0.15, 0.2) is 0 Å². The lowest BCUT2D eigenvalue weighted by Crippen LogP contribution is -2.50. The maximum absolute atomic E-state index is 13.3. The van der Waals surface area contributed by atoms with Gasteiger partial charge < -0.3 is 10.2 Å². The predicted octanol–water partition coefficient (Wildman–Crippen LogP) is 5.97. The summed E-state index contributed by atoms with van der Waals surface area (Å²) in [7, 11) is 0. The van der Waals surface area contributed by atoms with Crippen LogP contribution < -0.4 is 5.32 Å². The van der Waals surface area contributed by atoms with Gasteiger partial charge in [0, 0.05) is 33.6 Å². The number of rotatable bonds is 10. The third kappa shape index (κ3) is 7.74. The highest BCUT2D eigenvalue weighted by Gasteiger charge is 2.29. The van der Waals surface area contributed by atoms with E-state index in [0.29, 0.717) is 34.5 Å². The highest BCUT2D eigenvalue weighted by atomic mass is 35.5. The molecular weight excluding hydrogens is 451 g/mol. The highest BCUT2D eigenvalue weighted by Crippen LogP contribution is 2.28. The largest absolute Gasteiger partial charge is 0.354 e. The van der Waals surface area contributed by atoms with Gasteiger partial charge in [0.1, 0.15) is 6.04 Å². The average molecular weight is 481 g/mol. The number of halogens is 2. The molecule has 2 rings (SSSR count). The van der Waals surface area contributed by atoms with Crippen LogP contribution in [-0.4, -0.2) is 35.1 Å². The van der Waals surface area contributed by atoms with Crippen LogP contribution in [0.1, 0.15) is 38.3 Å². The molecule has 1 unspecified atom stereocenters. The standard InChI is InChI=1S/C24H30Cl2N2O2S/c1-5-22(24(30)27-13-16(2)3)28(14-19-20(25)7-6-8-21(19)26)23(29)15-31-18-11-9-17(4)10-12-18/h6-12,16,22H,5,13-15H2,1-4H3,(H,27,30). The number of aryl methyl sites for hydroxylation is 1. The van der Waals surface area contributed by atoms with Crippen LogP contribution in [0.4, 0.5) is 0 Å². The first-order chi connectivity index (χ1) is 14.7. The summed E-state index contributed by atoms with van der Waals surface area (Å²) in [6.45, 7) is 8.73. The second-order valence-corrected chi connectivity index (χ2v) is 9.75. The van der Waals surface area contributed by atoms with E-state index in [1.807, 2.05) is 52.0 Å². The number of hydrogen-bond acceptors (Lipinski definition) is 3. The molecule has 0 aliphatic carbocycles. The van der Waals surface area contributed by atoms with E-state index in [1.54, 1.807) is 23.1 Å². The topological polar surface area (TPSA) is 49.4 Å². The normalized spacial score (nSPS) is 12.0. The Morgan fingerprint density at radius 2 is 1.68 bits per heavy atom. The first kappa shape index (κ1) is 25.6. The summed E-state index contributed by atoms with van der Waals surface area (Å²) in [6, 6.07) is 12.7. The Morgan fingerprint density at radius 1 is 1.06 bits per heavy atom. The van der Waals surface area contributed by atoms with Gasteiger partial charge in [-0.05, 0) is 43.5 Å². The molecule has 0 aliphatic rings. The molecule has 0 aliphatic heterocycles.